The van der Waals surface area contributed by atoms with Crippen LogP contribution in [0.15, 0.2) is 0 Å². The number of hydrogen-bond acceptors (Lipinski definition) is 1. The minimum Gasteiger partial charge on any atom is -0.303 e. The lowest BCUT2D eigenvalue weighted by Crippen LogP contribution is -2.21. The van der Waals surface area contributed by atoms with E-state index in [1.165, 1.54) is 83.8 Å². The molecule has 0 saturated carbocycles. The van der Waals surface area contributed by atoms with Crippen molar-refractivity contribution in [3.05, 3.63) is 0 Å². The highest BCUT2D eigenvalue weighted by molar-refractivity contribution is 5.85. The Balaban J connectivity index is 0.00000289. The Hall–Kier alpha value is 0.250. The number of rotatable bonds is 10. The molecule has 18 heavy (non-hydrogen) atoms. The van der Waals surface area contributed by atoms with E-state index in [4.69, 9.17) is 0 Å². The number of likely N-dealkylation sites (tertiary alicyclic amines) is 1. The molecule has 0 aliphatic carbocycles. The van der Waals surface area contributed by atoms with Crippen molar-refractivity contribution in [1.29, 1.82) is 0 Å². The molecule has 0 aromatic rings. The Morgan fingerprint density at radius 2 is 1.50 bits per heavy atom. The molecule has 1 aliphatic heterocycles. The molecule has 0 aromatic heterocycles. The van der Waals surface area contributed by atoms with Crippen LogP contribution in [0, 0.1) is 5.92 Å². The van der Waals surface area contributed by atoms with Gasteiger partial charge in [-0.25, -0.2) is 0 Å². The first-order chi connectivity index (χ1) is 8.36. The molecule has 0 aromatic carbocycles. The molecule has 1 saturated heterocycles. The van der Waals surface area contributed by atoms with E-state index >= 15 is 0 Å². The van der Waals surface area contributed by atoms with E-state index in [1.807, 2.05) is 0 Å². The van der Waals surface area contributed by atoms with Crippen molar-refractivity contribution in [2.75, 3.05) is 19.6 Å². The van der Waals surface area contributed by atoms with Crippen LogP contribution in [0.2, 0.25) is 0 Å². The van der Waals surface area contributed by atoms with Crippen LogP contribution < -0.4 is 0 Å². The minimum absolute atomic E-state index is 0. The van der Waals surface area contributed by atoms with Crippen LogP contribution >= 0.6 is 12.4 Å². The van der Waals surface area contributed by atoms with Crippen LogP contribution in [-0.4, -0.2) is 24.5 Å². The summed E-state index contributed by atoms with van der Waals surface area (Å²) >= 11 is 0. The zero-order chi connectivity index (χ0) is 12.3. The summed E-state index contributed by atoms with van der Waals surface area (Å²) in [4.78, 5) is 2.69. The molecular weight excluding hydrogens is 242 g/mol. The second-order valence-corrected chi connectivity index (χ2v) is 5.84. The fraction of sp³-hybridized carbons (Fsp3) is 1.00. The highest BCUT2D eigenvalue weighted by Gasteiger charge is 2.19. The maximum absolute atomic E-state index is 2.69. The monoisotopic (exact) mass is 275 g/mol. The van der Waals surface area contributed by atoms with Crippen molar-refractivity contribution in [2.45, 2.75) is 78.1 Å². The van der Waals surface area contributed by atoms with Gasteiger partial charge in [-0.2, -0.15) is 0 Å². The van der Waals surface area contributed by atoms with Gasteiger partial charge < -0.3 is 4.90 Å². The molecule has 1 rings (SSSR count). The number of unbranched alkanes of at least 4 members (excludes halogenated alkanes) is 7. The highest BCUT2D eigenvalue weighted by atomic mass is 35.5. The lowest BCUT2D eigenvalue weighted by molar-refractivity contribution is 0.313. The Bertz CT molecular complexity index is 172. The Kier molecular flexibility index (Phi) is 12.5. The first kappa shape index (κ1) is 18.2. The van der Waals surface area contributed by atoms with E-state index in [9.17, 15) is 0 Å². The third kappa shape index (κ3) is 8.37. The zero-order valence-electron chi connectivity index (χ0n) is 12.6. The molecule has 0 bridgehead atoms. The van der Waals surface area contributed by atoms with Crippen molar-refractivity contribution in [3.63, 3.8) is 0 Å². The van der Waals surface area contributed by atoms with Crippen LogP contribution in [0.5, 0.6) is 0 Å². The van der Waals surface area contributed by atoms with E-state index in [1.54, 1.807) is 0 Å². The zero-order valence-corrected chi connectivity index (χ0v) is 13.4. The van der Waals surface area contributed by atoms with Gasteiger partial charge in [0.25, 0.3) is 0 Å². The lowest BCUT2D eigenvalue weighted by atomic mass is 10.1. The number of nitrogens with zero attached hydrogens (tertiary/aromatic N) is 1. The molecular formula is C16H34ClN. The van der Waals surface area contributed by atoms with Crippen molar-refractivity contribution < 1.29 is 0 Å². The van der Waals surface area contributed by atoms with Gasteiger partial charge in [0.05, 0.1) is 0 Å². The third-order valence-electron chi connectivity index (χ3n) is 4.28. The first-order valence-electron chi connectivity index (χ1n) is 8.09. The summed E-state index contributed by atoms with van der Waals surface area (Å²) < 4.78 is 0. The van der Waals surface area contributed by atoms with Gasteiger partial charge in [-0.3, -0.25) is 0 Å². The third-order valence-corrected chi connectivity index (χ3v) is 4.28. The lowest BCUT2D eigenvalue weighted by Gasteiger charge is -2.15. The SMILES string of the molecule is CCCCCCCCCCN1CCC(CC)C1.Cl. The summed E-state index contributed by atoms with van der Waals surface area (Å²) in [5, 5.41) is 0. The normalized spacial score (nSPS) is 20.0. The van der Waals surface area contributed by atoms with Crippen LogP contribution in [-0.2, 0) is 0 Å². The van der Waals surface area contributed by atoms with Gasteiger partial charge in [0.15, 0.2) is 0 Å². The molecule has 0 radical (unpaired) electrons. The predicted molar refractivity (Wildman–Crippen MR) is 84.7 cm³/mol. The molecule has 1 fully saturated rings. The van der Waals surface area contributed by atoms with Crippen molar-refractivity contribution in [1.82, 2.24) is 4.90 Å². The first-order valence-corrected chi connectivity index (χ1v) is 8.09. The largest absolute Gasteiger partial charge is 0.303 e. The second-order valence-electron chi connectivity index (χ2n) is 5.84. The Morgan fingerprint density at radius 3 is 2.06 bits per heavy atom. The summed E-state index contributed by atoms with van der Waals surface area (Å²) in [7, 11) is 0. The van der Waals surface area contributed by atoms with Gasteiger partial charge in [-0.05, 0) is 31.8 Å². The molecule has 1 heterocycles. The van der Waals surface area contributed by atoms with E-state index in [0.29, 0.717) is 0 Å². The van der Waals surface area contributed by atoms with E-state index < -0.39 is 0 Å². The van der Waals surface area contributed by atoms with Gasteiger partial charge in [0.1, 0.15) is 0 Å². The van der Waals surface area contributed by atoms with Gasteiger partial charge in [0, 0.05) is 6.54 Å². The summed E-state index contributed by atoms with van der Waals surface area (Å²) in [5.74, 6) is 1.00. The van der Waals surface area contributed by atoms with Gasteiger partial charge in [0.2, 0.25) is 0 Å². The molecule has 1 nitrogen and oxygen atoms in total. The summed E-state index contributed by atoms with van der Waals surface area (Å²) in [6, 6.07) is 0. The molecule has 1 atom stereocenters. The average molecular weight is 276 g/mol. The predicted octanol–water partition coefficient (Wildman–Crippen LogP) is 5.28. The molecule has 0 N–H and O–H groups in total. The number of halogens is 1. The summed E-state index contributed by atoms with van der Waals surface area (Å²) in [6.07, 6.45) is 14.4. The maximum Gasteiger partial charge on any atom is 0.00100 e. The van der Waals surface area contributed by atoms with Crippen molar-refractivity contribution in [2.24, 2.45) is 5.92 Å². The smallest absolute Gasteiger partial charge is 0.00100 e. The number of hydrogen-bond donors (Lipinski definition) is 0. The standard InChI is InChI=1S/C16H33N.ClH/c1-3-5-6-7-8-9-10-11-13-17-14-12-16(4-2)15-17;/h16H,3-15H2,1-2H3;1H. The van der Waals surface area contributed by atoms with E-state index in [-0.39, 0.29) is 12.4 Å². The van der Waals surface area contributed by atoms with E-state index in [2.05, 4.69) is 18.7 Å². The summed E-state index contributed by atoms with van der Waals surface area (Å²) in [6.45, 7) is 8.75. The van der Waals surface area contributed by atoms with Crippen LogP contribution in [0.4, 0.5) is 0 Å². The quantitative estimate of drug-likeness (QED) is 0.490. The Labute approximate surface area is 121 Å². The van der Waals surface area contributed by atoms with Crippen LogP contribution in [0.3, 0.4) is 0 Å². The fourth-order valence-corrected chi connectivity index (χ4v) is 2.92. The molecule has 110 valence electrons. The topological polar surface area (TPSA) is 3.24 Å². The minimum atomic E-state index is 0. The van der Waals surface area contributed by atoms with Crippen LogP contribution in [0.25, 0.3) is 0 Å². The van der Waals surface area contributed by atoms with E-state index in [0.717, 1.165) is 5.92 Å². The van der Waals surface area contributed by atoms with Crippen molar-refractivity contribution in [3.8, 4) is 0 Å². The van der Waals surface area contributed by atoms with Gasteiger partial charge in [-0.1, -0.05) is 65.2 Å². The van der Waals surface area contributed by atoms with Crippen LogP contribution in [0.1, 0.15) is 78.1 Å². The average Bonchev–Trinajstić information content (AvgIpc) is 2.80. The van der Waals surface area contributed by atoms with Crippen molar-refractivity contribution >= 4 is 12.4 Å². The Morgan fingerprint density at radius 1 is 0.889 bits per heavy atom. The molecule has 0 spiro atoms. The van der Waals surface area contributed by atoms with Gasteiger partial charge >= 0.3 is 0 Å². The second kappa shape index (κ2) is 12.3. The summed E-state index contributed by atoms with van der Waals surface area (Å²) in [5.41, 5.74) is 0. The maximum atomic E-state index is 2.69. The highest BCUT2D eigenvalue weighted by Crippen LogP contribution is 2.19. The molecule has 0 amide bonds. The fourth-order valence-electron chi connectivity index (χ4n) is 2.92. The van der Waals surface area contributed by atoms with Gasteiger partial charge in [-0.15, -0.1) is 12.4 Å². The molecule has 1 unspecified atom stereocenters. The molecule has 1 aliphatic rings. The molecule has 2 heteroatoms.